The molecule has 8 nitrogen and oxygen atoms in total. The average molecular weight is 320 g/mol. The van der Waals surface area contributed by atoms with Crippen LogP contribution in [0.1, 0.15) is 16.4 Å². The molecule has 0 bridgehead atoms. The van der Waals surface area contributed by atoms with Crippen molar-refractivity contribution in [3.63, 3.8) is 0 Å². The number of amides is 1. The van der Waals surface area contributed by atoms with Gasteiger partial charge in [-0.05, 0) is 24.3 Å². The first kappa shape index (κ1) is 14.1. The molecule has 0 saturated carbocycles. The first-order valence-corrected chi connectivity index (χ1v) is 7.26. The number of nitrogens with zero attached hydrogens (tertiary/aromatic N) is 5. The van der Waals surface area contributed by atoms with Crippen LogP contribution in [0, 0.1) is 0 Å². The smallest absolute Gasteiger partial charge is 0.272 e. The van der Waals surface area contributed by atoms with E-state index in [9.17, 15) is 4.79 Å². The highest BCUT2D eigenvalue weighted by Gasteiger charge is 2.15. The van der Waals surface area contributed by atoms with Gasteiger partial charge in [0.15, 0.2) is 16.9 Å². The normalized spacial score (nSPS) is 10.8. The number of nitrogens with one attached hydrogen (secondary N) is 1. The Kier molecular flexibility index (Phi) is 3.47. The number of pyridine rings is 1. The number of fused-ring (bicyclic) bond motifs is 1. The Morgan fingerprint density at radius 2 is 2.04 bits per heavy atom. The zero-order valence-electron chi connectivity index (χ0n) is 12.5. The molecule has 24 heavy (non-hydrogen) atoms. The molecule has 1 aromatic carbocycles. The van der Waals surface area contributed by atoms with Crippen LogP contribution < -0.4 is 5.32 Å². The molecule has 0 aliphatic rings. The zero-order valence-corrected chi connectivity index (χ0v) is 12.5. The average Bonchev–Trinajstić information content (AvgIpc) is 3.27. The maximum atomic E-state index is 12.4. The third kappa shape index (κ3) is 2.60. The summed E-state index contributed by atoms with van der Waals surface area (Å²) < 4.78 is 7.00. The summed E-state index contributed by atoms with van der Waals surface area (Å²) in [5.74, 6) is 0.0647. The van der Waals surface area contributed by atoms with Gasteiger partial charge in [-0.2, -0.15) is 4.98 Å². The quantitative estimate of drug-likeness (QED) is 0.615. The van der Waals surface area contributed by atoms with Crippen LogP contribution in [0.15, 0.2) is 59.3 Å². The summed E-state index contributed by atoms with van der Waals surface area (Å²) in [5.41, 5.74) is 2.18. The van der Waals surface area contributed by atoms with Gasteiger partial charge in [-0.25, -0.2) is 9.67 Å². The van der Waals surface area contributed by atoms with Crippen LogP contribution in [0.4, 0.5) is 0 Å². The predicted octanol–water partition coefficient (Wildman–Crippen LogP) is 1.73. The number of aromatic nitrogens is 5. The SMILES string of the molecule is O=C(NCc1nc2ncccc2o1)c1cnnn1-c1ccccc1. The highest BCUT2D eigenvalue weighted by Crippen LogP contribution is 2.12. The van der Waals surface area contributed by atoms with Gasteiger partial charge < -0.3 is 9.73 Å². The third-order valence-electron chi connectivity index (χ3n) is 3.39. The fourth-order valence-electron chi connectivity index (χ4n) is 2.29. The molecule has 0 atom stereocenters. The lowest BCUT2D eigenvalue weighted by Crippen LogP contribution is -2.25. The molecule has 8 heteroatoms. The Hall–Kier alpha value is -3.55. The molecule has 1 N–H and O–H groups in total. The largest absolute Gasteiger partial charge is 0.437 e. The second-order valence-corrected chi connectivity index (χ2v) is 4.98. The Labute approximate surface area is 136 Å². The maximum Gasteiger partial charge on any atom is 0.272 e. The summed E-state index contributed by atoms with van der Waals surface area (Å²) in [6, 6.07) is 12.8. The Balaban J connectivity index is 1.52. The maximum absolute atomic E-state index is 12.4. The number of rotatable bonds is 4. The lowest BCUT2D eigenvalue weighted by molar-refractivity contribution is 0.0939. The molecule has 0 radical (unpaired) electrons. The van der Waals surface area contributed by atoms with Crippen molar-refractivity contribution in [2.24, 2.45) is 0 Å². The van der Waals surface area contributed by atoms with Crippen molar-refractivity contribution >= 4 is 17.1 Å². The van der Waals surface area contributed by atoms with Crippen LogP contribution in [-0.2, 0) is 6.54 Å². The van der Waals surface area contributed by atoms with Gasteiger partial charge in [0.1, 0.15) is 0 Å². The fourth-order valence-corrected chi connectivity index (χ4v) is 2.29. The van der Waals surface area contributed by atoms with Crippen molar-refractivity contribution in [2.75, 3.05) is 0 Å². The minimum Gasteiger partial charge on any atom is -0.437 e. The number of para-hydroxylation sites is 1. The van der Waals surface area contributed by atoms with Crippen molar-refractivity contribution in [2.45, 2.75) is 6.54 Å². The summed E-state index contributed by atoms with van der Waals surface area (Å²) in [5, 5.41) is 10.5. The second kappa shape index (κ2) is 5.92. The molecule has 1 amide bonds. The van der Waals surface area contributed by atoms with E-state index < -0.39 is 0 Å². The van der Waals surface area contributed by atoms with Gasteiger partial charge in [-0.15, -0.1) is 5.10 Å². The lowest BCUT2D eigenvalue weighted by Gasteiger charge is -2.05. The predicted molar refractivity (Wildman–Crippen MR) is 84.3 cm³/mol. The van der Waals surface area contributed by atoms with Crippen LogP contribution >= 0.6 is 0 Å². The van der Waals surface area contributed by atoms with Gasteiger partial charge in [0.2, 0.25) is 5.89 Å². The molecular formula is C16H12N6O2. The van der Waals surface area contributed by atoms with E-state index in [1.165, 1.54) is 10.9 Å². The van der Waals surface area contributed by atoms with Gasteiger partial charge in [0.25, 0.3) is 5.91 Å². The standard InChI is InChI=1S/C16H12N6O2/c23-16(12-9-19-21-22(12)11-5-2-1-3-6-11)18-10-14-20-15-13(24-14)7-4-8-17-15/h1-9H,10H2,(H,18,23). The Morgan fingerprint density at radius 1 is 1.17 bits per heavy atom. The van der Waals surface area contributed by atoms with Crippen LogP contribution in [0.25, 0.3) is 16.9 Å². The van der Waals surface area contributed by atoms with Crippen molar-refractivity contribution in [3.05, 3.63) is 66.4 Å². The molecule has 0 aliphatic heterocycles. The topological polar surface area (TPSA) is 98.7 Å². The summed E-state index contributed by atoms with van der Waals surface area (Å²) in [6.45, 7) is 0.148. The van der Waals surface area contributed by atoms with E-state index in [0.717, 1.165) is 5.69 Å². The third-order valence-corrected chi connectivity index (χ3v) is 3.39. The fraction of sp³-hybridized carbons (Fsp3) is 0.0625. The Morgan fingerprint density at radius 3 is 2.88 bits per heavy atom. The van der Waals surface area contributed by atoms with E-state index in [0.29, 0.717) is 22.8 Å². The van der Waals surface area contributed by atoms with E-state index in [2.05, 4.69) is 25.6 Å². The van der Waals surface area contributed by atoms with E-state index >= 15 is 0 Å². The van der Waals surface area contributed by atoms with Crippen LogP contribution in [-0.4, -0.2) is 30.9 Å². The van der Waals surface area contributed by atoms with Crippen LogP contribution in [0.2, 0.25) is 0 Å². The first-order chi connectivity index (χ1) is 11.8. The van der Waals surface area contributed by atoms with Gasteiger partial charge in [0.05, 0.1) is 18.4 Å². The molecule has 0 fully saturated rings. The zero-order chi connectivity index (χ0) is 16.4. The summed E-state index contributed by atoms with van der Waals surface area (Å²) in [4.78, 5) is 20.7. The number of carbonyl (C=O) groups excluding carboxylic acids is 1. The molecule has 4 aromatic rings. The second-order valence-electron chi connectivity index (χ2n) is 4.98. The van der Waals surface area contributed by atoms with Crippen LogP contribution in [0.3, 0.4) is 0 Å². The molecule has 4 rings (SSSR count). The molecule has 0 unspecified atom stereocenters. The van der Waals surface area contributed by atoms with Crippen molar-refractivity contribution in [1.29, 1.82) is 0 Å². The molecule has 0 spiro atoms. The monoisotopic (exact) mass is 320 g/mol. The first-order valence-electron chi connectivity index (χ1n) is 7.26. The molecule has 0 aliphatic carbocycles. The number of benzene rings is 1. The van der Waals surface area contributed by atoms with E-state index in [1.807, 2.05) is 30.3 Å². The number of hydrogen-bond donors (Lipinski definition) is 1. The number of carbonyl (C=O) groups is 1. The molecule has 118 valence electrons. The molecule has 3 aromatic heterocycles. The summed E-state index contributed by atoms with van der Waals surface area (Å²) >= 11 is 0. The number of hydrogen-bond acceptors (Lipinski definition) is 6. The van der Waals surface area contributed by atoms with E-state index in [1.54, 1.807) is 18.3 Å². The van der Waals surface area contributed by atoms with Gasteiger partial charge in [-0.3, -0.25) is 4.79 Å². The van der Waals surface area contributed by atoms with Crippen LogP contribution in [0.5, 0.6) is 0 Å². The van der Waals surface area contributed by atoms with Gasteiger partial charge >= 0.3 is 0 Å². The highest BCUT2D eigenvalue weighted by molar-refractivity contribution is 5.92. The summed E-state index contributed by atoms with van der Waals surface area (Å²) in [7, 11) is 0. The minimum atomic E-state index is -0.320. The van der Waals surface area contributed by atoms with E-state index in [-0.39, 0.29) is 12.5 Å². The van der Waals surface area contributed by atoms with Crippen molar-refractivity contribution < 1.29 is 9.21 Å². The molecular weight excluding hydrogens is 308 g/mol. The van der Waals surface area contributed by atoms with E-state index in [4.69, 9.17) is 4.42 Å². The highest BCUT2D eigenvalue weighted by atomic mass is 16.3. The summed E-state index contributed by atoms with van der Waals surface area (Å²) in [6.07, 6.45) is 3.05. The lowest BCUT2D eigenvalue weighted by atomic mass is 10.3. The number of oxazole rings is 1. The molecule has 3 heterocycles. The van der Waals surface area contributed by atoms with Crippen molar-refractivity contribution in [3.8, 4) is 5.69 Å². The Bertz CT molecular complexity index is 959. The molecule has 0 saturated heterocycles. The van der Waals surface area contributed by atoms with Gasteiger partial charge in [-0.1, -0.05) is 23.4 Å². The van der Waals surface area contributed by atoms with Crippen molar-refractivity contribution in [1.82, 2.24) is 30.3 Å². The minimum absolute atomic E-state index is 0.148. The van der Waals surface area contributed by atoms with Gasteiger partial charge in [0, 0.05) is 6.20 Å².